The maximum absolute atomic E-state index is 12.8. The van der Waals surface area contributed by atoms with E-state index in [2.05, 4.69) is 144 Å². The van der Waals surface area contributed by atoms with Crippen molar-refractivity contribution >= 4 is 230 Å². The summed E-state index contributed by atoms with van der Waals surface area (Å²) < 4.78 is 285. The molecule has 0 amide bonds. The molecular weight excluding hydrogens is 2100 g/mol. The van der Waals surface area contributed by atoms with Crippen LogP contribution in [0.2, 0.25) is 0 Å². The number of nitrogens with zero attached hydrogens (tertiary/aromatic N) is 22. The lowest BCUT2D eigenvalue weighted by Crippen LogP contribution is -2.18. The molecule has 0 aliphatic rings. The Morgan fingerprint density at radius 2 is 0.432 bits per heavy atom. The van der Waals surface area contributed by atoms with Gasteiger partial charge in [-0.1, -0.05) is 0 Å². The van der Waals surface area contributed by atoms with Crippen LogP contribution in [-0.4, -0.2) is 161 Å². The highest BCUT2D eigenvalue weighted by molar-refractivity contribution is 7.87. The normalized spacial score (nSPS) is 12.7. The van der Waals surface area contributed by atoms with Crippen molar-refractivity contribution in [3.8, 4) is 11.5 Å². The molecule has 2 heterocycles. The van der Waals surface area contributed by atoms with Crippen LogP contribution in [0.3, 0.4) is 0 Å². The number of aryl methyl sites for hydroxylation is 4. The molecule has 12 aromatic carbocycles. The molecule has 0 aliphatic heterocycles. The first-order valence-electron chi connectivity index (χ1n) is 41.6. The van der Waals surface area contributed by atoms with Crippen LogP contribution in [0.25, 0.3) is 0 Å². The maximum Gasteiger partial charge on any atom is 0.296 e. The molecule has 54 nitrogen and oxygen atoms in total. The van der Waals surface area contributed by atoms with E-state index in [1.165, 1.54) is 136 Å². The minimum absolute atomic E-state index is 0.0515. The van der Waals surface area contributed by atoms with Gasteiger partial charge < -0.3 is 41.4 Å². The Hall–Kier alpha value is -16.9. The van der Waals surface area contributed by atoms with E-state index in [9.17, 15) is 104 Å². The summed E-state index contributed by atoms with van der Waals surface area (Å²) in [5, 5.41) is 84.3. The summed E-state index contributed by atoms with van der Waals surface area (Å²) in [6.45, 7) is 6.42. The number of methoxy groups -OCH3 is 2. The lowest BCUT2D eigenvalue weighted by atomic mass is 10.1. The Bertz CT molecular complexity index is 8350. The second-order valence-corrected chi connectivity index (χ2v) is 41.9. The highest BCUT2D eigenvalue weighted by Gasteiger charge is 2.26. The SMILES string of the molecule is COc1cc(N=Nc2ccc(N=Nc3ccc(S(=O)(=O)O)cc3)cc2S(=O)(=O)O)c(C)cc1Nc1nc(NCCNc2nc(Nc3ccc(N=Nc4ccc(N=Nc5ccc(S(=O)(=O)O)cc5)cc4S(=O)(=O)O)c(C)c3)nc(Nc3cc(C)c(N=Nc4ccc(N=Nc5ccc(S(=O)(=O)O)cc5)cc4S(=O)(=O)O)cc3OC)n2)nc(Nc2ccc(N=Nc3ccc(N=Nc4ccc(S(=O)(=O)O)cc4)cc3S(=O)(=O)O)c(C)c2)n1. The summed E-state index contributed by atoms with van der Waals surface area (Å²) >= 11 is 0. The van der Waals surface area contributed by atoms with E-state index in [4.69, 9.17) is 9.47 Å². The molecule has 62 heteroatoms. The van der Waals surface area contributed by atoms with Crippen LogP contribution in [0.5, 0.6) is 11.5 Å². The number of benzene rings is 12. The van der Waals surface area contributed by atoms with E-state index < -0.39 is 120 Å². The Morgan fingerprint density at radius 1 is 0.223 bits per heavy atom. The molecule has 0 bridgehead atoms. The molecule has 14 aromatic rings. The van der Waals surface area contributed by atoms with Crippen LogP contribution < -0.4 is 41.4 Å². The highest BCUT2D eigenvalue weighted by Crippen LogP contribution is 2.43. The van der Waals surface area contributed by atoms with Gasteiger partial charge in [-0.2, -0.15) is 159 Å². The first kappa shape index (κ1) is 107. The molecule has 0 spiro atoms. The number of ether oxygens (including phenoxy) is 2. The van der Waals surface area contributed by atoms with Crippen LogP contribution >= 0.6 is 0 Å². The Kier molecular flexibility index (Phi) is 32.1. The second kappa shape index (κ2) is 44.4. The van der Waals surface area contributed by atoms with Gasteiger partial charge in [0.15, 0.2) is 0 Å². The Balaban J connectivity index is 0.756. The van der Waals surface area contributed by atoms with Gasteiger partial charge in [-0.3, -0.25) is 36.4 Å². The molecule has 0 unspecified atom stereocenters. The van der Waals surface area contributed by atoms with Crippen LogP contribution in [0.4, 0.5) is 149 Å². The predicted molar refractivity (Wildman–Crippen MR) is 531 cm³/mol. The van der Waals surface area contributed by atoms with Crippen molar-refractivity contribution < 1.29 is 113 Å². The first-order valence-corrected chi connectivity index (χ1v) is 53.1. The van der Waals surface area contributed by atoms with Gasteiger partial charge >= 0.3 is 0 Å². The number of azo groups is 8. The van der Waals surface area contributed by atoms with Crippen molar-refractivity contribution in [1.82, 2.24) is 29.9 Å². The van der Waals surface area contributed by atoms with Crippen molar-refractivity contribution in [2.75, 3.05) is 59.2 Å². The summed E-state index contributed by atoms with van der Waals surface area (Å²) in [7, 11) is -35.5. The molecule has 0 atom stereocenters. The van der Waals surface area contributed by atoms with Crippen LogP contribution in [0.15, 0.2) is 352 Å². The Morgan fingerprint density at radius 3 is 0.669 bits per heavy atom. The second-order valence-electron chi connectivity index (χ2n) is 30.6. The van der Waals surface area contributed by atoms with Crippen molar-refractivity contribution in [3.63, 3.8) is 0 Å². The molecule has 0 saturated carbocycles. The molecule has 0 saturated heterocycles. The molecule has 2 aromatic heterocycles. The standard InChI is InChI=1S/C86H74N28O26S8/c1-47-37-55(15-29-65(47)107-109-67-31-17-57(41-77(67)145(127,128)129)103-99-51-7-21-61(22-8-51)141(115,116)117)89-83-93-81(95-85(97-83)91-73-39-49(3)71(45-75(73)139-5)113-111-69-33-19-59(43-79(69)147(133,134)135)105-101-53-11-25-63(26-12-53)143(121,122)123)87-35-36-88-82-94-84(90-56-16-30-66(48(2)38-56)108-110-68-32-18-58(42-78(68)146(130,131)132)104-100-52-9-23-62(24-10-52)142(118,119)120)98-86(96-82)92-74-40-50(4)72(46-76(74)140-6)114-112-70-34-20-60(44-80(70)148(136,137)138)106-102-54-13-27-64(28-14-54)144(124,125)126/h7-34,37-46H,35-36H2,1-6H3,(H,115,116,117)(H,118,119,120)(H,121,122,123)(H,124,125,126)(H,127,128,129)(H,130,131,132)(H,133,134,135)(H,136,137,138)(H3,87,89,91,93,95,97)(H3,88,90,92,94,96,98). The van der Waals surface area contributed by atoms with Gasteiger partial charge in [0.1, 0.15) is 53.8 Å². The van der Waals surface area contributed by atoms with E-state index in [1.54, 1.807) is 64.1 Å². The average Bonchev–Trinajstić information content (AvgIpc) is 0.809. The fourth-order valence-corrected chi connectivity index (χ4v) is 17.3. The zero-order valence-electron chi connectivity index (χ0n) is 76.4. The predicted octanol–water partition coefficient (Wildman–Crippen LogP) is 21.1. The molecule has 0 fully saturated rings. The van der Waals surface area contributed by atoms with Crippen molar-refractivity contribution in [3.05, 3.63) is 253 Å². The van der Waals surface area contributed by atoms with Crippen LogP contribution in [0, 0.1) is 27.7 Å². The molecule has 148 heavy (non-hydrogen) atoms. The minimum atomic E-state index is -5.02. The molecule has 14 N–H and O–H groups in total. The third kappa shape index (κ3) is 28.6. The lowest BCUT2D eigenvalue weighted by Gasteiger charge is -2.15. The minimum Gasteiger partial charge on any atom is -0.494 e. The van der Waals surface area contributed by atoms with Gasteiger partial charge in [-0.15, -0.1) is 20.5 Å². The summed E-state index contributed by atoms with van der Waals surface area (Å²) in [5.74, 6) is -0.494. The van der Waals surface area contributed by atoms with E-state index in [-0.39, 0.29) is 163 Å². The molecule has 14 rings (SSSR count). The number of aromatic nitrogens is 6. The quantitative estimate of drug-likeness (QED) is 0.00966. The first-order chi connectivity index (χ1) is 69.8. The molecule has 762 valence electrons. The molecular formula is C86H74N28O26S8. The Labute approximate surface area is 840 Å². The summed E-state index contributed by atoms with van der Waals surface area (Å²) in [6.07, 6.45) is 0. The summed E-state index contributed by atoms with van der Waals surface area (Å²) in [5.41, 5.74) is 2.23. The smallest absolute Gasteiger partial charge is 0.296 e. The third-order valence-electron chi connectivity index (χ3n) is 20.0. The maximum atomic E-state index is 12.8. The average molecular weight is 2170 g/mol. The third-order valence-corrected chi connectivity index (χ3v) is 27.0. The number of hydrogen-bond acceptors (Lipinski definition) is 46. The van der Waals surface area contributed by atoms with Gasteiger partial charge in [0.25, 0.3) is 80.9 Å². The number of hydrogen-bond donors (Lipinski definition) is 14. The van der Waals surface area contributed by atoms with Crippen molar-refractivity contribution in [2.24, 2.45) is 81.8 Å². The van der Waals surface area contributed by atoms with Crippen molar-refractivity contribution in [2.45, 2.75) is 66.9 Å². The molecule has 0 radical (unpaired) electrons. The fraction of sp³-hybridized carbons (Fsp3) is 0.0930. The van der Waals surface area contributed by atoms with Crippen LogP contribution in [0.1, 0.15) is 22.3 Å². The fourth-order valence-electron chi connectivity index (χ4n) is 12.8. The van der Waals surface area contributed by atoms with E-state index >= 15 is 0 Å². The zero-order valence-corrected chi connectivity index (χ0v) is 82.9. The lowest BCUT2D eigenvalue weighted by molar-refractivity contribution is 0.416. The van der Waals surface area contributed by atoms with Crippen LogP contribution in [-0.2, 0) is 80.9 Å². The highest BCUT2D eigenvalue weighted by atomic mass is 32.2. The van der Waals surface area contributed by atoms with E-state index in [1.807, 2.05) is 0 Å². The number of rotatable bonds is 39. The summed E-state index contributed by atoms with van der Waals surface area (Å²) in [6, 6.07) is 47.5. The van der Waals surface area contributed by atoms with E-state index in [0.29, 0.717) is 33.6 Å². The van der Waals surface area contributed by atoms with Gasteiger partial charge in [-0.05, 0) is 268 Å². The number of anilines is 10. The van der Waals surface area contributed by atoms with Crippen molar-refractivity contribution in [1.29, 1.82) is 0 Å². The summed E-state index contributed by atoms with van der Waals surface area (Å²) in [4.78, 5) is 23.5. The number of nitrogens with one attached hydrogen (secondary N) is 6. The monoisotopic (exact) mass is 2170 g/mol. The zero-order chi connectivity index (χ0) is 107. The van der Waals surface area contributed by atoms with Gasteiger partial charge in [-0.25, -0.2) is 0 Å². The van der Waals surface area contributed by atoms with E-state index in [0.717, 1.165) is 72.8 Å². The van der Waals surface area contributed by atoms with Gasteiger partial charge in [0, 0.05) is 36.6 Å². The largest absolute Gasteiger partial charge is 0.494 e. The van der Waals surface area contributed by atoms with Gasteiger partial charge in [0.05, 0.1) is 113 Å². The molecule has 0 aliphatic carbocycles. The topological polar surface area (TPSA) is 801 Å². The van der Waals surface area contributed by atoms with Gasteiger partial charge in [0.2, 0.25) is 35.7 Å².